The lowest BCUT2D eigenvalue weighted by atomic mass is 9.94. The maximum atomic E-state index is 13.6. The van der Waals surface area contributed by atoms with Crippen molar-refractivity contribution in [2.45, 2.75) is 86.8 Å². The number of pyridine rings is 3. The van der Waals surface area contributed by atoms with Crippen LogP contribution in [0.2, 0.25) is 0 Å². The quantitative estimate of drug-likeness (QED) is 0.0466. The van der Waals surface area contributed by atoms with Gasteiger partial charge in [0.15, 0.2) is 0 Å². The molecule has 8 rings (SSSR count). The van der Waals surface area contributed by atoms with Gasteiger partial charge in [0, 0.05) is 36.5 Å². The minimum absolute atomic E-state index is 0. The molecule has 0 fully saturated rings. The number of carbonyl (C=O) groups excluding carboxylic acids is 2. The lowest BCUT2D eigenvalue weighted by Crippen LogP contribution is -2.38. The molecule has 0 radical (unpaired) electrons. The smallest absolute Gasteiger partial charge is 0.450 e. The van der Waals surface area contributed by atoms with Gasteiger partial charge in [0.05, 0.1) is 34.5 Å². The molecule has 2 amide bonds. The topological polar surface area (TPSA) is 171 Å². The van der Waals surface area contributed by atoms with E-state index >= 15 is 0 Å². The molecule has 328 valence electrons. The number of nitrogens with zero attached hydrogens (tertiary/aromatic N) is 3. The first-order valence-corrected chi connectivity index (χ1v) is 21.4. The first-order chi connectivity index (χ1) is 30.2. The third-order valence-corrected chi connectivity index (χ3v) is 10.3. The standard InChI is InChI=1S/C42H37N5O8.C3H8.2C2H6.H2/c1-24-18-36-39-31(20-47(36)40(49)32(24)21-55-42(51)52)29(38-30-12-6-16-43-34(30)14-15-35(38)46-39)13-7-17-53-23-45-37(48)19-44-41(50)54-22-33-27-10-4-2-8-25(27)26-9-3-5-11-28(26)33;1-3-2;2*1-2;/h2-6,8-12,14-16,18,33H,7,13,17,19-23H2,1H3,(H,44,50)(H,45,48)(H,51,52);3H2,1-2H3;2*1-2H3;1H. The molecule has 1 aliphatic heterocycles. The number of benzene rings is 3. The number of carbonyl (C=O) groups is 3. The fraction of sp³-hybridized carbons (Fsp3) is 0.347. The first kappa shape index (κ1) is 46.5. The summed E-state index contributed by atoms with van der Waals surface area (Å²) in [5.41, 5.74) is 9.94. The maximum Gasteiger partial charge on any atom is 0.506 e. The van der Waals surface area contributed by atoms with E-state index < -0.39 is 18.2 Å². The van der Waals surface area contributed by atoms with Gasteiger partial charge in [-0.25, -0.2) is 14.6 Å². The summed E-state index contributed by atoms with van der Waals surface area (Å²) in [5, 5.41) is 16.1. The molecule has 0 bridgehead atoms. The molecule has 3 aromatic heterocycles. The van der Waals surface area contributed by atoms with Crippen LogP contribution in [0.25, 0.3) is 44.3 Å². The second-order valence-corrected chi connectivity index (χ2v) is 14.2. The van der Waals surface area contributed by atoms with Gasteiger partial charge in [-0.2, -0.15) is 0 Å². The molecule has 3 N–H and O–H groups in total. The Hall–Kier alpha value is -6.60. The van der Waals surface area contributed by atoms with Crippen LogP contribution in [0.5, 0.6) is 0 Å². The van der Waals surface area contributed by atoms with Gasteiger partial charge in [0.25, 0.3) is 5.56 Å². The van der Waals surface area contributed by atoms with E-state index in [1.54, 1.807) is 17.7 Å². The molecule has 13 heteroatoms. The van der Waals surface area contributed by atoms with Crippen LogP contribution < -0.4 is 16.2 Å². The van der Waals surface area contributed by atoms with Crippen LogP contribution in [0.15, 0.2) is 89.9 Å². The lowest BCUT2D eigenvalue weighted by Gasteiger charge is -2.15. The second kappa shape index (κ2) is 22.3. The molecule has 0 spiro atoms. The molecule has 0 atom stereocenters. The van der Waals surface area contributed by atoms with Gasteiger partial charge < -0.3 is 34.5 Å². The summed E-state index contributed by atoms with van der Waals surface area (Å²) in [5.74, 6) is -0.500. The van der Waals surface area contributed by atoms with Gasteiger partial charge in [-0.05, 0) is 77.4 Å². The van der Waals surface area contributed by atoms with E-state index in [-0.39, 0.29) is 51.5 Å². The first-order valence-electron chi connectivity index (χ1n) is 21.4. The molecular formula is C49H59N5O8. The molecule has 0 saturated carbocycles. The zero-order valence-corrected chi connectivity index (χ0v) is 36.7. The third-order valence-electron chi connectivity index (χ3n) is 10.3. The normalized spacial score (nSPS) is 11.6. The van der Waals surface area contributed by atoms with Crippen molar-refractivity contribution >= 4 is 40.0 Å². The van der Waals surface area contributed by atoms with Crippen LogP contribution in [0.1, 0.15) is 95.1 Å². The van der Waals surface area contributed by atoms with E-state index in [4.69, 9.17) is 24.3 Å². The molecule has 62 heavy (non-hydrogen) atoms. The number of aromatic nitrogens is 3. The highest BCUT2D eigenvalue weighted by molar-refractivity contribution is 6.08. The summed E-state index contributed by atoms with van der Waals surface area (Å²) in [6, 6.07) is 25.7. The third kappa shape index (κ3) is 10.3. The summed E-state index contributed by atoms with van der Waals surface area (Å²) in [4.78, 5) is 59.2. The van der Waals surface area contributed by atoms with Gasteiger partial charge >= 0.3 is 12.2 Å². The highest BCUT2D eigenvalue weighted by atomic mass is 16.7. The summed E-state index contributed by atoms with van der Waals surface area (Å²) in [7, 11) is 0. The van der Waals surface area contributed by atoms with Crippen LogP contribution in [0.4, 0.5) is 9.59 Å². The van der Waals surface area contributed by atoms with E-state index in [1.807, 2.05) is 94.4 Å². The highest BCUT2D eigenvalue weighted by Gasteiger charge is 2.30. The monoisotopic (exact) mass is 845 g/mol. The summed E-state index contributed by atoms with van der Waals surface area (Å²) in [6.07, 6.45) is 2.04. The van der Waals surface area contributed by atoms with E-state index in [0.29, 0.717) is 36.4 Å². The molecule has 0 saturated heterocycles. The summed E-state index contributed by atoms with van der Waals surface area (Å²) < 4.78 is 17.7. The Morgan fingerprint density at radius 3 is 2.21 bits per heavy atom. The lowest BCUT2D eigenvalue weighted by molar-refractivity contribution is -0.121. The van der Waals surface area contributed by atoms with Gasteiger partial charge in [-0.15, -0.1) is 0 Å². The molecule has 1 aliphatic carbocycles. The number of fused-ring (bicyclic) bond motifs is 9. The number of hydrogen-bond acceptors (Lipinski definition) is 9. The zero-order valence-electron chi connectivity index (χ0n) is 36.7. The minimum Gasteiger partial charge on any atom is -0.450 e. The molecule has 3 aromatic carbocycles. The minimum atomic E-state index is -1.45. The number of carboxylic acid groups (broad SMARTS) is 1. The molecule has 13 nitrogen and oxygen atoms in total. The fourth-order valence-electron chi connectivity index (χ4n) is 7.74. The van der Waals surface area contributed by atoms with E-state index in [0.717, 1.165) is 55.2 Å². The highest BCUT2D eigenvalue weighted by Crippen LogP contribution is 2.44. The SMILES string of the molecule is CC.CC.CCC.Cc1cc2n(c(=O)c1COC(=O)O)Cc1c-2nc2ccc3ncccc3c2c1CCCOCNC(=O)CNC(=O)OCC1c2ccccc2-c2ccccc21.[HH]. The predicted octanol–water partition coefficient (Wildman–Crippen LogP) is 9.75. The predicted molar refractivity (Wildman–Crippen MR) is 245 cm³/mol. The number of rotatable bonds is 12. The number of alkyl carbamates (subject to hydrolysis) is 1. The molecule has 6 aromatic rings. The number of aryl methyl sites for hydroxylation is 2. The van der Waals surface area contributed by atoms with E-state index in [1.165, 1.54) is 6.42 Å². The second-order valence-electron chi connectivity index (χ2n) is 14.2. The van der Waals surface area contributed by atoms with E-state index in [9.17, 15) is 19.2 Å². The van der Waals surface area contributed by atoms with Crippen molar-refractivity contribution in [1.29, 1.82) is 0 Å². The van der Waals surface area contributed by atoms with Crippen LogP contribution in [0.3, 0.4) is 0 Å². The molecule has 4 heterocycles. The Morgan fingerprint density at radius 2 is 1.53 bits per heavy atom. The average molecular weight is 846 g/mol. The summed E-state index contributed by atoms with van der Waals surface area (Å²) in [6.45, 7) is 14.1. The van der Waals surface area contributed by atoms with Crippen LogP contribution in [-0.4, -0.2) is 64.3 Å². The number of nitrogens with one attached hydrogen (secondary N) is 2. The van der Waals surface area contributed by atoms with Crippen molar-refractivity contribution in [3.05, 3.63) is 129 Å². The Balaban J connectivity index is 0.00000103. The maximum absolute atomic E-state index is 13.6. The van der Waals surface area contributed by atoms with Crippen LogP contribution in [0, 0.1) is 6.92 Å². The van der Waals surface area contributed by atoms with E-state index in [2.05, 4.69) is 41.6 Å². The number of ether oxygens (including phenoxy) is 3. The van der Waals surface area contributed by atoms with Crippen molar-refractivity contribution in [3.8, 4) is 22.5 Å². The van der Waals surface area contributed by atoms with Crippen LogP contribution >= 0.6 is 0 Å². The molecule has 2 aliphatic rings. The van der Waals surface area contributed by atoms with Crippen molar-refractivity contribution in [2.24, 2.45) is 0 Å². The number of hydrogen-bond donors (Lipinski definition) is 3. The summed E-state index contributed by atoms with van der Waals surface area (Å²) >= 11 is 0. The molecule has 0 unspecified atom stereocenters. The Labute approximate surface area is 364 Å². The largest absolute Gasteiger partial charge is 0.506 e. The molecular weight excluding hydrogens is 787 g/mol. The van der Waals surface area contributed by atoms with Crippen molar-refractivity contribution < 1.29 is 35.1 Å². The zero-order chi connectivity index (χ0) is 44.8. The Kier molecular flexibility index (Phi) is 16.7. The van der Waals surface area contributed by atoms with Crippen molar-refractivity contribution in [2.75, 3.05) is 26.5 Å². The van der Waals surface area contributed by atoms with Gasteiger partial charge in [-0.1, -0.05) is 103 Å². The van der Waals surface area contributed by atoms with Crippen molar-refractivity contribution in [3.63, 3.8) is 0 Å². The van der Waals surface area contributed by atoms with Crippen LogP contribution in [-0.2, 0) is 38.6 Å². The van der Waals surface area contributed by atoms with Gasteiger partial charge in [0.2, 0.25) is 5.91 Å². The Morgan fingerprint density at radius 1 is 0.871 bits per heavy atom. The number of amides is 2. The Bertz CT molecular complexity index is 2550. The van der Waals surface area contributed by atoms with Crippen molar-refractivity contribution in [1.82, 2.24) is 25.2 Å². The average Bonchev–Trinajstić information content (AvgIpc) is 3.82. The van der Waals surface area contributed by atoms with Gasteiger partial charge in [-0.3, -0.25) is 14.6 Å². The fourth-order valence-corrected chi connectivity index (χ4v) is 7.74. The van der Waals surface area contributed by atoms with Gasteiger partial charge in [0.1, 0.15) is 26.5 Å².